The van der Waals surface area contributed by atoms with Gasteiger partial charge in [0, 0.05) is 33.6 Å². The van der Waals surface area contributed by atoms with Crippen LogP contribution in [-0.4, -0.2) is 28.5 Å². The summed E-state index contributed by atoms with van der Waals surface area (Å²) in [5, 5.41) is 3.55. The summed E-state index contributed by atoms with van der Waals surface area (Å²) in [6.45, 7) is 12.3. The fourth-order valence-electron chi connectivity index (χ4n) is 6.32. The van der Waals surface area contributed by atoms with E-state index in [1.165, 1.54) is 0 Å². The van der Waals surface area contributed by atoms with Gasteiger partial charge in [-0.2, -0.15) is 0 Å². The van der Waals surface area contributed by atoms with Crippen LogP contribution in [0.5, 0.6) is 5.75 Å². The molecule has 0 fully saturated rings. The van der Waals surface area contributed by atoms with Gasteiger partial charge < -0.3 is 14.6 Å². The van der Waals surface area contributed by atoms with E-state index in [-0.39, 0.29) is 29.5 Å². The molecule has 2 aliphatic heterocycles. The molecule has 8 heteroatoms. The number of methoxy groups -OCH3 is 1. The average Bonchev–Trinajstić information content (AvgIpc) is 3.53. The number of hydrogen-bond acceptors (Lipinski definition) is 4. The first-order chi connectivity index (χ1) is 19.5. The smallest absolute Gasteiger partial charge is 0.280 e. The Bertz CT molecular complexity index is 1760. The topological polar surface area (TPSA) is 76.5 Å². The Labute approximate surface area is 245 Å². The van der Waals surface area contributed by atoms with Gasteiger partial charge in [-0.15, -0.1) is 0 Å². The number of carbonyl (C=O) groups excluding carboxylic acids is 2. The number of halogens is 1. The Morgan fingerprint density at radius 1 is 0.976 bits per heavy atom. The molecule has 1 aromatic heterocycles. The second-order valence-electron chi connectivity index (χ2n) is 11.5. The fraction of sp³-hybridized carbons (Fsp3) is 0.303. The first kappa shape index (κ1) is 27.1. The first-order valence-corrected chi connectivity index (χ1v) is 14.2. The van der Waals surface area contributed by atoms with Gasteiger partial charge in [0.15, 0.2) is 11.2 Å². The maximum Gasteiger partial charge on any atom is 0.280 e. The quantitative estimate of drug-likeness (QED) is 0.272. The van der Waals surface area contributed by atoms with E-state index in [0.717, 1.165) is 22.3 Å². The van der Waals surface area contributed by atoms with E-state index in [2.05, 4.69) is 37.6 Å². The number of ether oxygens (including phenoxy) is 1. The number of hydrogen-bond donors (Lipinski definition) is 1. The number of amides is 2. The van der Waals surface area contributed by atoms with Crippen molar-refractivity contribution >= 4 is 34.8 Å². The van der Waals surface area contributed by atoms with E-state index in [1.807, 2.05) is 56.3 Å². The van der Waals surface area contributed by atoms with Gasteiger partial charge in [-0.05, 0) is 80.6 Å². The third-order valence-corrected chi connectivity index (χ3v) is 8.42. The van der Waals surface area contributed by atoms with Crippen LogP contribution in [0.2, 0.25) is 5.02 Å². The van der Waals surface area contributed by atoms with Gasteiger partial charge in [0.2, 0.25) is 0 Å². The number of aromatic nitrogens is 2. The maximum atomic E-state index is 14.6. The van der Waals surface area contributed by atoms with E-state index < -0.39 is 5.54 Å². The van der Waals surface area contributed by atoms with Crippen LogP contribution < -0.4 is 15.0 Å². The van der Waals surface area contributed by atoms with Crippen LogP contribution in [0.3, 0.4) is 0 Å². The number of imidazole rings is 1. The Morgan fingerprint density at radius 3 is 2.41 bits per heavy atom. The summed E-state index contributed by atoms with van der Waals surface area (Å²) in [5.74, 6) is 0.889. The minimum absolute atomic E-state index is 0.125. The van der Waals surface area contributed by atoms with Crippen LogP contribution in [0, 0.1) is 13.8 Å². The average molecular weight is 569 g/mol. The zero-order valence-corrected chi connectivity index (χ0v) is 25.1. The highest BCUT2D eigenvalue weighted by Crippen LogP contribution is 2.55. The van der Waals surface area contributed by atoms with Crippen molar-refractivity contribution in [3.8, 4) is 17.1 Å². The number of anilines is 2. The lowest BCUT2D eigenvalue weighted by Crippen LogP contribution is -2.51. The second kappa shape index (κ2) is 9.48. The highest BCUT2D eigenvalue weighted by Gasteiger charge is 2.64. The van der Waals surface area contributed by atoms with Crippen molar-refractivity contribution in [2.24, 2.45) is 0 Å². The molecule has 210 valence electrons. The molecular formula is C33H33ClN4O3. The zero-order chi connectivity index (χ0) is 29.4. The minimum Gasteiger partial charge on any atom is -0.497 e. The molecule has 0 saturated heterocycles. The number of rotatable bonds is 5. The van der Waals surface area contributed by atoms with E-state index in [9.17, 15) is 9.59 Å². The van der Waals surface area contributed by atoms with Gasteiger partial charge in [-0.25, -0.2) is 4.98 Å². The largest absolute Gasteiger partial charge is 0.497 e. The van der Waals surface area contributed by atoms with Crippen molar-refractivity contribution in [1.82, 2.24) is 9.55 Å². The summed E-state index contributed by atoms with van der Waals surface area (Å²) in [6, 6.07) is 17.1. The molecule has 2 amide bonds. The molecule has 7 nitrogen and oxygen atoms in total. The van der Waals surface area contributed by atoms with Crippen molar-refractivity contribution in [2.75, 3.05) is 17.3 Å². The summed E-state index contributed by atoms with van der Waals surface area (Å²) in [7, 11) is 1.63. The van der Waals surface area contributed by atoms with Crippen LogP contribution in [0.15, 0.2) is 54.6 Å². The number of nitrogens with zero attached hydrogens (tertiary/aromatic N) is 3. The van der Waals surface area contributed by atoms with Crippen molar-refractivity contribution in [1.29, 1.82) is 0 Å². The lowest BCUT2D eigenvalue weighted by molar-refractivity contribution is -0.119. The predicted molar refractivity (Wildman–Crippen MR) is 162 cm³/mol. The summed E-state index contributed by atoms with van der Waals surface area (Å²) >= 11 is 6.37. The van der Waals surface area contributed by atoms with Crippen LogP contribution in [0.25, 0.3) is 11.4 Å². The molecule has 4 aromatic rings. The molecule has 2 aliphatic rings. The Morgan fingerprint density at radius 2 is 1.73 bits per heavy atom. The third-order valence-electron chi connectivity index (χ3n) is 8.19. The molecule has 0 aliphatic carbocycles. The lowest BCUT2D eigenvalue weighted by Gasteiger charge is -2.36. The number of carbonyl (C=O) groups is 2. The van der Waals surface area contributed by atoms with E-state index in [0.29, 0.717) is 39.2 Å². The third kappa shape index (κ3) is 3.75. The SMILES string of the molecule is COc1ccc(C(C)C)c(-c2nc3c(n2C(C)C)C2(C(=O)Nc4cc(Cl)ccc42)N(c2cc(C)ccc2C)C3=O)c1. The number of aryl methyl sites for hydroxylation is 2. The highest BCUT2D eigenvalue weighted by molar-refractivity contribution is 6.31. The standard InChI is InChI=1S/C33H33ClN4O3/c1-17(2)23-12-11-22(41-7)16-24(23)30-36-28-29(37(30)18(3)4)33(25-13-10-21(34)15-26(25)35-32(33)40)38(31(28)39)27-14-19(5)8-9-20(27)6/h8-18H,1-7H3,(H,35,40). The number of nitrogens with one attached hydrogen (secondary N) is 1. The normalized spacial score (nSPS) is 17.6. The molecule has 1 unspecified atom stereocenters. The van der Waals surface area contributed by atoms with Gasteiger partial charge in [-0.1, -0.05) is 49.7 Å². The second-order valence-corrected chi connectivity index (χ2v) is 11.9. The van der Waals surface area contributed by atoms with Crippen LogP contribution in [-0.2, 0) is 10.3 Å². The number of benzene rings is 3. The summed E-state index contributed by atoms with van der Waals surface area (Å²) in [5.41, 5.74) is 5.10. The molecular weight excluding hydrogens is 536 g/mol. The van der Waals surface area contributed by atoms with Crippen molar-refractivity contribution in [3.63, 3.8) is 0 Å². The highest BCUT2D eigenvalue weighted by atomic mass is 35.5. The van der Waals surface area contributed by atoms with Crippen LogP contribution >= 0.6 is 11.6 Å². The fourth-order valence-corrected chi connectivity index (χ4v) is 6.49. The van der Waals surface area contributed by atoms with Crippen LogP contribution in [0.4, 0.5) is 11.4 Å². The summed E-state index contributed by atoms with van der Waals surface area (Å²) < 4.78 is 7.65. The zero-order valence-electron chi connectivity index (χ0n) is 24.3. The van der Waals surface area contributed by atoms with Crippen molar-refractivity contribution in [2.45, 2.75) is 59.0 Å². The molecule has 0 radical (unpaired) electrons. The molecule has 6 rings (SSSR count). The van der Waals surface area contributed by atoms with E-state index >= 15 is 0 Å². The van der Waals surface area contributed by atoms with E-state index in [1.54, 1.807) is 24.1 Å². The lowest BCUT2D eigenvalue weighted by atomic mass is 9.86. The maximum absolute atomic E-state index is 14.6. The molecule has 1 atom stereocenters. The molecule has 1 spiro atoms. The van der Waals surface area contributed by atoms with Gasteiger partial charge >= 0.3 is 0 Å². The summed E-state index contributed by atoms with van der Waals surface area (Å²) in [6.07, 6.45) is 0. The van der Waals surface area contributed by atoms with Crippen molar-refractivity contribution < 1.29 is 14.3 Å². The van der Waals surface area contributed by atoms with Crippen LogP contribution in [0.1, 0.15) is 78.1 Å². The monoisotopic (exact) mass is 568 g/mol. The van der Waals surface area contributed by atoms with Gasteiger partial charge in [-0.3, -0.25) is 14.5 Å². The minimum atomic E-state index is -1.47. The first-order valence-electron chi connectivity index (χ1n) is 13.8. The Balaban J connectivity index is 1.75. The Kier molecular flexibility index (Phi) is 6.27. The number of fused-ring (bicyclic) bond motifs is 4. The van der Waals surface area contributed by atoms with Gasteiger partial charge in [0.25, 0.3) is 11.8 Å². The van der Waals surface area contributed by atoms with Gasteiger partial charge in [0.1, 0.15) is 11.6 Å². The molecule has 0 saturated carbocycles. The molecule has 0 bridgehead atoms. The molecule has 1 N–H and O–H groups in total. The van der Waals surface area contributed by atoms with Crippen molar-refractivity contribution in [3.05, 3.63) is 93.3 Å². The molecule has 3 heterocycles. The van der Waals surface area contributed by atoms with Gasteiger partial charge in [0.05, 0.1) is 12.8 Å². The molecule has 41 heavy (non-hydrogen) atoms. The summed E-state index contributed by atoms with van der Waals surface area (Å²) in [4.78, 5) is 35.8. The Hall–Kier alpha value is -4.10. The molecule has 3 aromatic carbocycles. The predicted octanol–water partition coefficient (Wildman–Crippen LogP) is 7.39. The van der Waals surface area contributed by atoms with E-state index in [4.69, 9.17) is 21.3 Å².